The van der Waals surface area contributed by atoms with Gasteiger partial charge in [0.2, 0.25) is 0 Å². The predicted molar refractivity (Wildman–Crippen MR) is 138 cm³/mol. The van der Waals surface area contributed by atoms with E-state index < -0.39 is 0 Å². The maximum atomic E-state index is 12.6. The zero-order valence-electron chi connectivity index (χ0n) is 20.8. The molecule has 3 aromatic rings. The molecule has 0 aromatic carbocycles. The first kappa shape index (κ1) is 23.9. The van der Waals surface area contributed by atoms with Crippen molar-refractivity contribution in [3.8, 4) is 22.8 Å². The zero-order valence-corrected chi connectivity index (χ0v) is 20.8. The quantitative estimate of drug-likeness (QED) is 0.432. The van der Waals surface area contributed by atoms with Gasteiger partial charge in [-0.1, -0.05) is 0 Å². The summed E-state index contributed by atoms with van der Waals surface area (Å²) in [6, 6.07) is 11.4. The highest BCUT2D eigenvalue weighted by Gasteiger charge is 2.18. The lowest BCUT2D eigenvalue weighted by Gasteiger charge is -2.31. The average molecular weight is 464 g/mol. The molecule has 4 heterocycles. The molecule has 3 aromatic heterocycles. The van der Waals surface area contributed by atoms with E-state index in [1.807, 2.05) is 24.5 Å². The molecule has 8 nitrogen and oxygen atoms in total. The fraction of sp³-hybridized carbons (Fsp3) is 0.423. The number of aromatic amines is 1. The molecule has 0 aliphatic carbocycles. The van der Waals surface area contributed by atoms with Crippen LogP contribution >= 0.6 is 0 Å². The van der Waals surface area contributed by atoms with Crippen molar-refractivity contribution >= 4 is 11.4 Å². The average Bonchev–Trinajstić information content (AvgIpc) is 2.84. The SMILES string of the molecule is CCN(CC[NH+](C)C)c1ccnc(-c2cc(=O)cc(-c3cc(N4CC[NH+](C)CC4)ccn3)[nH]2)c1. The molecule has 34 heavy (non-hydrogen) atoms. The van der Waals surface area contributed by atoms with Crippen molar-refractivity contribution in [2.45, 2.75) is 6.92 Å². The molecule has 1 saturated heterocycles. The van der Waals surface area contributed by atoms with Crippen molar-refractivity contribution in [1.29, 1.82) is 0 Å². The Hall–Kier alpha value is -3.23. The normalized spacial score (nSPS) is 14.6. The van der Waals surface area contributed by atoms with Crippen molar-refractivity contribution < 1.29 is 9.80 Å². The summed E-state index contributed by atoms with van der Waals surface area (Å²) in [5, 5.41) is 0. The van der Waals surface area contributed by atoms with E-state index in [9.17, 15) is 4.79 Å². The molecule has 1 aliphatic rings. The summed E-state index contributed by atoms with van der Waals surface area (Å²) in [7, 11) is 6.56. The van der Waals surface area contributed by atoms with Crippen molar-refractivity contribution in [3.05, 3.63) is 59.0 Å². The second-order valence-electron chi connectivity index (χ2n) is 9.42. The molecule has 1 aliphatic heterocycles. The van der Waals surface area contributed by atoms with E-state index >= 15 is 0 Å². The number of H-pyrrole nitrogens is 1. The smallest absolute Gasteiger partial charge is 0.182 e. The summed E-state index contributed by atoms with van der Waals surface area (Å²) in [6.07, 6.45) is 3.64. The topological polar surface area (TPSA) is 74.0 Å². The molecule has 0 saturated carbocycles. The van der Waals surface area contributed by atoms with Gasteiger partial charge >= 0.3 is 0 Å². The maximum absolute atomic E-state index is 12.6. The van der Waals surface area contributed by atoms with Gasteiger partial charge in [0.15, 0.2) is 5.43 Å². The summed E-state index contributed by atoms with van der Waals surface area (Å²) in [4.78, 5) is 32.9. The molecule has 3 N–H and O–H groups in total. The Kier molecular flexibility index (Phi) is 7.59. The van der Waals surface area contributed by atoms with E-state index in [0.29, 0.717) is 11.4 Å². The lowest BCUT2D eigenvalue weighted by Crippen LogP contribution is -3.12. The van der Waals surface area contributed by atoms with E-state index in [4.69, 9.17) is 0 Å². The number of rotatable bonds is 8. The first-order valence-electron chi connectivity index (χ1n) is 12.2. The van der Waals surface area contributed by atoms with Gasteiger partial charge in [0, 0.05) is 42.4 Å². The number of nitrogens with one attached hydrogen (secondary N) is 3. The van der Waals surface area contributed by atoms with E-state index in [0.717, 1.165) is 68.6 Å². The fourth-order valence-corrected chi connectivity index (χ4v) is 4.32. The lowest BCUT2D eigenvalue weighted by atomic mass is 10.1. The minimum Gasteiger partial charge on any atom is -0.366 e. The zero-order chi connectivity index (χ0) is 24.1. The number of anilines is 2. The van der Waals surface area contributed by atoms with Gasteiger partial charge in [-0.3, -0.25) is 14.8 Å². The summed E-state index contributed by atoms with van der Waals surface area (Å²) in [5.74, 6) is 0. The van der Waals surface area contributed by atoms with Gasteiger partial charge in [0.05, 0.1) is 83.2 Å². The second-order valence-corrected chi connectivity index (χ2v) is 9.42. The van der Waals surface area contributed by atoms with Crippen LogP contribution in [0.25, 0.3) is 22.8 Å². The first-order valence-corrected chi connectivity index (χ1v) is 12.2. The van der Waals surface area contributed by atoms with Crippen LogP contribution < -0.4 is 25.0 Å². The van der Waals surface area contributed by atoms with E-state index in [2.05, 4.69) is 65.0 Å². The van der Waals surface area contributed by atoms with Crippen LogP contribution in [0.1, 0.15) is 6.92 Å². The molecular weight excluding hydrogens is 426 g/mol. The maximum Gasteiger partial charge on any atom is 0.182 e. The molecule has 1 fully saturated rings. The van der Waals surface area contributed by atoms with Crippen LogP contribution in [0.3, 0.4) is 0 Å². The van der Waals surface area contributed by atoms with Crippen LogP contribution in [0.5, 0.6) is 0 Å². The molecule has 180 valence electrons. The summed E-state index contributed by atoms with van der Waals surface area (Å²) in [5.41, 5.74) is 5.12. The van der Waals surface area contributed by atoms with Gasteiger partial charge in [0.1, 0.15) is 0 Å². The standard InChI is InChI=1S/C26H35N7O/c1-5-32(13-10-30(2)3)20-6-8-27-23(16-20)25-18-22(34)19-26(29-25)24-17-21(7-9-28-24)33-14-11-31(4)12-15-33/h6-9,16-19H,5,10-15H2,1-4H3,(H,29,34)/p+2. The summed E-state index contributed by atoms with van der Waals surface area (Å²) in [6.45, 7) is 9.37. The second kappa shape index (κ2) is 10.8. The summed E-state index contributed by atoms with van der Waals surface area (Å²) < 4.78 is 0. The van der Waals surface area contributed by atoms with Gasteiger partial charge < -0.3 is 24.6 Å². The van der Waals surface area contributed by atoms with Crippen LogP contribution in [0.2, 0.25) is 0 Å². The van der Waals surface area contributed by atoms with Crippen molar-refractivity contribution in [2.24, 2.45) is 0 Å². The Bertz CT molecular complexity index is 1150. The molecule has 0 atom stereocenters. The first-order chi connectivity index (χ1) is 16.4. The number of hydrogen-bond acceptors (Lipinski definition) is 5. The molecule has 0 radical (unpaired) electrons. The summed E-state index contributed by atoms with van der Waals surface area (Å²) >= 11 is 0. The molecular formula is C26H37N7O+2. The number of nitrogens with zero attached hydrogens (tertiary/aromatic N) is 4. The monoisotopic (exact) mass is 463 g/mol. The van der Waals surface area contributed by atoms with Crippen molar-refractivity contribution in [1.82, 2.24) is 15.0 Å². The molecule has 0 spiro atoms. The largest absolute Gasteiger partial charge is 0.366 e. The van der Waals surface area contributed by atoms with Crippen molar-refractivity contribution in [2.75, 3.05) is 76.8 Å². The van der Waals surface area contributed by atoms with Crippen LogP contribution in [-0.2, 0) is 0 Å². The van der Waals surface area contributed by atoms with Gasteiger partial charge in [-0.05, 0) is 31.2 Å². The Labute approximate surface area is 201 Å². The van der Waals surface area contributed by atoms with Gasteiger partial charge in [-0.15, -0.1) is 0 Å². The van der Waals surface area contributed by atoms with Crippen LogP contribution in [0.15, 0.2) is 53.6 Å². The molecule has 0 bridgehead atoms. The highest BCUT2D eigenvalue weighted by molar-refractivity contribution is 5.67. The lowest BCUT2D eigenvalue weighted by molar-refractivity contribution is -0.880. The third-order valence-electron chi connectivity index (χ3n) is 6.49. The van der Waals surface area contributed by atoms with Crippen LogP contribution in [0, 0.1) is 0 Å². The number of likely N-dealkylation sites (N-methyl/N-ethyl adjacent to an activating group) is 3. The van der Waals surface area contributed by atoms with Crippen molar-refractivity contribution in [3.63, 3.8) is 0 Å². The minimum atomic E-state index is -0.0603. The highest BCUT2D eigenvalue weighted by Crippen LogP contribution is 2.24. The third kappa shape index (κ3) is 5.81. The third-order valence-corrected chi connectivity index (χ3v) is 6.49. The Morgan fingerprint density at radius 3 is 2.32 bits per heavy atom. The number of pyridine rings is 3. The van der Waals surface area contributed by atoms with Crippen LogP contribution in [-0.4, -0.2) is 81.9 Å². The van der Waals surface area contributed by atoms with Gasteiger partial charge in [-0.25, -0.2) is 0 Å². The number of hydrogen-bond donors (Lipinski definition) is 3. The number of quaternary nitrogens is 2. The Balaban J connectivity index is 1.62. The molecule has 4 rings (SSSR count). The molecule has 8 heteroatoms. The van der Waals surface area contributed by atoms with Gasteiger partial charge in [-0.2, -0.15) is 0 Å². The Morgan fingerprint density at radius 1 is 1.03 bits per heavy atom. The van der Waals surface area contributed by atoms with E-state index in [-0.39, 0.29) is 5.43 Å². The van der Waals surface area contributed by atoms with Crippen LogP contribution in [0.4, 0.5) is 11.4 Å². The molecule has 0 unspecified atom stereocenters. The van der Waals surface area contributed by atoms with E-state index in [1.54, 1.807) is 17.0 Å². The predicted octanol–water partition coefficient (Wildman–Crippen LogP) is -0.196. The highest BCUT2D eigenvalue weighted by atomic mass is 16.1. The van der Waals surface area contributed by atoms with Gasteiger partial charge in [0.25, 0.3) is 0 Å². The fourth-order valence-electron chi connectivity index (χ4n) is 4.32. The van der Waals surface area contributed by atoms with E-state index in [1.165, 1.54) is 4.90 Å². The number of aromatic nitrogens is 3. The minimum absolute atomic E-state index is 0.0603. The number of piperazine rings is 1. The molecule has 0 amide bonds. The Morgan fingerprint density at radius 2 is 1.68 bits per heavy atom.